The van der Waals surface area contributed by atoms with Crippen LogP contribution in [0.25, 0.3) is 0 Å². The van der Waals surface area contributed by atoms with Gasteiger partial charge in [0.2, 0.25) is 0 Å². The lowest BCUT2D eigenvalue weighted by Crippen LogP contribution is -2.14. The van der Waals surface area contributed by atoms with Crippen LogP contribution in [0.15, 0.2) is 24.3 Å². The molecule has 0 spiro atoms. The van der Waals surface area contributed by atoms with E-state index in [1.54, 1.807) is 12.1 Å². The number of hydrogen-bond donors (Lipinski definition) is 3. The summed E-state index contributed by atoms with van der Waals surface area (Å²) in [4.78, 5) is 0. The van der Waals surface area contributed by atoms with Crippen molar-refractivity contribution in [3.8, 4) is 5.75 Å². The SMILES string of the molecule is OCCCCNCc1ccc(O)cc1. The highest BCUT2D eigenvalue weighted by Crippen LogP contribution is 2.08. The highest BCUT2D eigenvalue weighted by atomic mass is 16.3. The molecule has 1 aromatic carbocycles. The minimum absolute atomic E-state index is 0.265. The molecule has 0 radical (unpaired) electrons. The second kappa shape index (κ2) is 6.40. The van der Waals surface area contributed by atoms with Crippen molar-refractivity contribution in [3.05, 3.63) is 29.8 Å². The zero-order chi connectivity index (χ0) is 10.2. The van der Waals surface area contributed by atoms with Crippen molar-refractivity contribution in [2.75, 3.05) is 13.2 Å². The van der Waals surface area contributed by atoms with Gasteiger partial charge < -0.3 is 15.5 Å². The number of aromatic hydroxyl groups is 1. The number of aliphatic hydroxyl groups is 1. The largest absolute Gasteiger partial charge is 0.508 e. The normalized spacial score (nSPS) is 10.4. The molecule has 0 saturated heterocycles. The lowest BCUT2D eigenvalue weighted by Gasteiger charge is -2.04. The smallest absolute Gasteiger partial charge is 0.115 e. The summed E-state index contributed by atoms with van der Waals surface area (Å²) in [5, 5.41) is 20.9. The Bertz CT molecular complexity index is 246. The molecule has 3 heteroatoms. The fourth-order valence-corrected chi connectivity index (χ4v) is 1.21. The summed E-state index contributed by atoms with van der Waals surface area (Å²) in [5.74, 6) is 0.300. The Morgan fingerprint density at radius 3 is 2.43 bits per heavy atom. The first-order valence-electron chi connectivity index (χ1n) is 4.92. The Morgan fingerprint density at radius 1 is 1.07 bits per heavy atom. The van der Waals surface area contributed by atoms with Gasteiger partial charge in [-0.05, 0) is 37.1 Å². The zero-order valence-electron chi connectivity index (χ0n) is 8.24. The van der Waals surface area contributed by atoms with E-state index in [1.165, 1.54) is 0 Å². The summed E-state index contributed by atoms with van der Waals surface area (Å²) in [5.41, 5.74) is 1.16. The number of benzene rings is 1. The van der Waals surface area contributed by atoms with Crippen LogP contribution in [-0.4, -0.2) is 23.4 Å². The van der Waals surface area contributed by atoms with Gasteiger partial charge in [0.25, 0.3) is 0 Å². The third-order valence-electron chi connectivity index (χ3n) is 2.03. The van der Waals surface area contributed by atoms with E-state index < -0.39 is 0 Å². The molecule has 78 valence electrons. The molecule has 0 bridgehead atoms. The third kappa shape index (κ3) is 4.25. The molecule has 14 heavy (non-hydrogen) atoms. The number of unbranched alkanes of at least 4 members (excludes halogenated alkanes) is 1. The Balaban J connectivity index is 2.15. The average molecular weight is 195 g/mol. The standard InChI is InChI=1S/C11H17NO2/c13-8-2-1-7-12-9-10-3-5-11(14)6-4-10/h3-6,12-14H,1-2,7-9H2. The van der Waals surface area contributed by atoms with Gasteiger partial charge in [-0.3, -0.25) is 0 Å². The number of phenolic OH excluding ortho intramolecular Hbond substituents is 1. The van der Waals surface area contributed by atoms with Crippen molar-refractivity contribution in [1.29, 1.82) is 0 Å². The van der Waals surface area contributed by atoms with Gasteiger partial charge >= 0.3 is 0 Å². The van der Waals surface area contributed by atoms with Gasteiger partial charge in [0, 0.05) is 13.2 Å². The molecule has 0 unspecified atom stereocenters. The molecule has 1 aromatic rings. The van der Waals surface area contributed by atoms with Crippen LogP contribution in [0, 0.1) is 0 Å². The highest BCUT2D eigenvalue weighted by Gasteiger charge is 1.92. The van der Waals surface area contributed by atoms with Gasteiger partial charge in [0.1, 0.15) is 5.75 Å². The van der Waals surface area contributed by atoms with Gasteiger partial charge in [-0.1, -0.05) is 12.1 Å². The van der Waals surface area contributed by atoms with Crippen LogP contribution in [0.4, 0.5) is 0 Å². The number of rotatable bonds is 6. The van der Waals surface area contributed by atoms with Crippen LogP contribution in [0.3, 0.4) is 0 Å². The maximum Gasteiger partial charge on any atom is 0.115 e. The lowest BCUT2D eigenvalue weighted by molar-refractivity contribution is 0.283. The fourth-order valence-electron chi connectivity index (χ4n) is 1.21. The molecule has 3 nitrogen and oxygen atoms in total. The molecule has 0 fully saturated rings. The van der Waals surface area contributed by atoms with Crippen molar-refractivity contribution >= 4 is 0 Å². The van der Waals surface area contributed by atoms with E-state index in [0.29, 0.717) is 5.75 Å². The van der Waals surface area contributed by atoms with Crippen LogP contribution in [-0.2, 0) is 6.54 Å². The molecule has 0 aromatic heterocycles. The summed E-state index contributed by atoms with van der Waals surface area (Å²) >= 11 is 0. The van der Waals surface area contributed by atoms with Gasteiger partial charge in [-0.2, -0.15) is 0 Å². The van der Waals surface area contributed by atoms with Crippen LogP contribution in [0.1, 0.15) is 18.4 Å². The van der Waals surface area contributed by atoms with Crippen molar-refractivity contribution < 1.29 is 10.2 Å². The van der Waals surface area contributed by atoms with Gasteiger partial charge in [0.15, 0.2) is 0 Å². The molecule has 0 aliphatic heterocycles. The van der Waals surface area contributed by atoms with Crippen LogP contribution in [0.5, 0.6) is 5.75 Å². The van der Waals surface area contributed by atoms with Gasteiger partial charge in [-0.15, -0.1) is 0 Å². The number of phenols is 1. The summed E-state index contributed by atoms with van der Waals surface area (Å²) in [6, 6.07) is 7.16. The van der Waals surface area contributed by atoms with Crippen LogP contribution < -0.4 is 5.32 Å². The Hall–Kier alpha value is -1.06. The minimum atomic E-state index is 0.265. The van der Waals surface area contributed by atoms with E-state index in [-0.39, 0.29) is 6.61 Å². The second-order valence-corrected chi connectivity index (χ2v) is 3.27. The summed E-state index contributed by atoms with van der Waals surface area (Å²) in [6.07, 6.45) is 1.84. The fraction of sp³-hybridized carbons (Fsp3) is 0.455. The maximum atomic E-state index is 9.05. The van der Waals surface area contributed by atoms with E-state index in [0.717, 1.165) is 31.5 Å². The molecule has 0 atom stereocenters. The van der Waals surface area contributed by atoms with E-state index in [1.807, 2.05) is 12.1 Å². The predicted octanol–water partition coefficient (Wildman–Crippen LogP) is 1.25. The van der Waals surface area contributed by atoms with Crippen molar-refractivity contribution in [2.45, 2.75) is 19.4 Å². The minimum Gasteiger partial charge on any atom is -0.508 e. The van der Waals surface area contributed by atoms with Gasteiger partial charge in [-0.25, -0.2) is 0 Å². The van der Waals surface area contributed by atoms with E-state index in [4.69, 9.17) is 10.2 Å². The maximum absolute atomic E-state index is 9.05. The van der Waals surface area contributed by atoms with Crippen LogP contribution >= 0.6 is 0 Å². The molecule has 1 rings (SSSR count). The third-order valence-corrected chi connectivity index (χ3v) is 2.03. The van der Waals surface area contributed by atoms with E-state index >= 15 is 0 Å². The second-order valence-electron chi connectivity index (χ2n) is 3.27. The molecular weight excluding hydrogens is 178 g/mol. The molecule has 0 heterocycles. The van der Waals surface area contributed by atoms with Crippen LogP contribution in [0.2, 0.25) is 0 Å². The lowest BCUT2D eigenvalue weighted by atomic mass is 10.2. The summed E-state index contributed by atoms with van der Waals surface area (Å²) < 4.78 is 0. The summed E-state index contributed by atoms with van der Waals surface area (Å²) in [7, 11) is 0. The molecule has 0 amide bonds. The Morgan fingerprint density at radius 2 is 1.79 bits per heavy atom. The Labute approximate surface area is 84.4 Å². The molecular formula is C11H17NO2. The van der Waals surface area contributed by atoms with E-state index in [2.05, 4.69) is 5.32 Å². The monoisotopic (exact) mass is 195 g/mol. The van der Waals surface area contributed by atoms with Crippen molar-refractivity contribution in [1.82, 2.24) is 5.32 Å². The molecule has 0 aliphatic rings. The average Bonchev–Trinajstić information content (AvgIpc) is 2.21. The number of aliphatic hydroxyl groups excluding tert-OH is 1. The molecule has 0 saturated carbocycles. The quantitative estimate of drug-likeness (QED) is 0.599. The van der Waals surface area contributed by atoms with Gasteiger partial charge in [0.05, 0.1) is 0 Å². The highest BCUT2D eigenvalue weighted by molar-refractivity contribution is 5.25. The zero-order valence-corrected chi connectivity index (χ0v) is 8.24. The number of nitrogens with one attached hydrogen (secondary N) is 1. The van der Waals surface area contributed by atoms with Crippen molar-refractivity contribution in [2.24, 2.45) is 0 Å². The first kappa shape index (κ1) is 11.0. The molecule has 3 N–H and O–H groups in total. The topological polar surface area (TPSA) is 52.5 Å². The van der Waals surface area contributed by atoms with Crippen molar-refractivity contribution in [3.63, 3.8) is 0 Å². The first-order valence-corrected chi connectivity index (χ1v) is 4.92. The Kier molecular flexibility index (Phi) is 5.04. The first-order chi connectivity index (χ1) is 6.83. The number of hydrogen-bond acceptors (Lipinski definition) is 3. The van der Waals surface area contributed by atoms with E-state index in [9.17, 15) is 0 Å². The summed E-state index contributed by atoms with van der Waals surface area (Å²) in [6.45, 7) is 1.99. The predicted molar refractivity (Wildman–Crippen MR) is 56.1 cm³/mol. The molecule has 0 aliphatic carbocycles.